The van der Waals surface area contributed by atoms with Gasteiger partial charge in [-0.3, -0.25) is 4.79 Å². The van der Waals surface area contributed by atoms with Gasteiger partial charge in [-0.15, -0.1) is 0 Å². The zero-order valence-electron chi connectivity index (χ0n) is 9.12. The summed E-state index contributed by atoms with van der Waals surface area (Å²) < 4.78 is 0. The molecule has 0 radical (unpaired) electrons. The summed E-state index contributed by atoms with van der Waals surface area (Å²) in [7, 11) is 2.11. The second kappa shape index (κ2) is 5.32. The highest BCUT2D eigenvalue weighted by atomic mass is 16.1. The lowest BCUT2D eigenvalue weighted by Crippen LogP contribution is -2.43. The molecule has 1 aliphatic carbocycles. The van der Waals surface area contributed by atoms with Gasteiger partial charge >= 0.3 is 0 Å². The van der Waals surface area contributed by atoms with E-state index in [4.69, 9.17) is 5.73 Å². The Bertz CT molecular complexity index is 192. The lowest BCUT2D eigenvalue weighted by molar-refractivity contribution is -0.120. The fourth-order valence-electron chi connectivity index (χ4n) is 1.62. The standard InChI is InChI=1S/C10H21N3O/c1-3-12-9(10(11)14)6-7-13(2)8-4-5-8/h8-9,12H,3-7H2,1-2H3,(H2,11,14). The minimum Gasteiger partial charge on any atom is -0.368 e. The number of rotatable bonds is 7. The average molecular weight is 199 g/mol. The first kappa shape index (κ1) is 11.5. The molecule has 0 aromatic rings. The summed E-state index contributed by atoms with van der Waals surface area (Å²) in [6, 6.07) is 0.589. The minimum atomic E-state index is -0.240. The van der Waals surface area contributed by atoms with E-state index >= 15 is 0 Å². The summed E-state index contributed by atoms with van der Waals surface area (Å²) in [5.74, 6) is -0.240. The summed E-state index contributed by atoms with van der Waals surface area (Å²) in [4.78, 5) is 13.3. The summed E-state index contributed by atoms with van der Waals surface area (Å²) in [6.45, 7) is 3.73. The molecule has 14 heavy (non-hydrogen) atoms. The van der Waals surface area contributed by atoms with Gasteiger partial charge < -0.3 is 16.0 Å². The Morgan fingerprint density at radius 1 is 1.64 bits per heavy atom. The van der Waals surface area contributed by atoms with Crippen molar-refractivity contribution in [2.24, 2.45) is 5.73 Å². The maximum atomic E-state index is 11.0. The number of nitrogens with zero attached hydrogens (tertiary/aromatic N) is 1. The van der Waals surface area contributed by atoms with Gasteiger partial charge in [0.25, 0.3) is 0 Å². The molecule has 82 valence electrons. The predicted molar refractivity (Wildman–Crippen MR) is 56.9 cm³/mol. The van der Waals surface area contributed by atoms with E-state index in [-0.39, 0.29) is 11.9 Å². The number of nitrogens with one attached hydrogen (secondary N) is 1. The molecule has 0 saturated heterocycles. The molecule has 0 heterocycles. The lowest BCUT2D eigenvalue weighted by Gasteiger charge is -2.19. The molecular formula is C10H21N3O. The summed E-state index contributed by atoms with van der Waals surface area (Å²) in [6.07, 6.45) is 3.42. The fourth-order valence-corrected chi connectivity index (χ4v) is 1.62. The van der Waals surface area contributed by atoms with E-state index in [0.29, 0.717) is 0 Å². The van der Waals surface area contributed by atoms with Crippen LogP contribution in [0.2, 0.25) is 0 Å². The Morgan fingerprint density at radius 3 is 2.71 bits per heavy atom. The molecular weight excluding hydrogens is 178 g/mol. The largest absolute Gasteiger partial charge is 0.368 e. The monoisotopic (exact) mass is 199 g/mol. The number of hydrogen-bond donors (Lipinski definition) is 2. The highest BCUT2D eigenvalue weighted by molar-refractivity contribution is 5.79. The first-order valence-electron chi connectivity index (χ1n) is 5.38. The third kappa shape index (κ3) is 3.64. The molecule has 1 aliphatic rings. The number of carbonyl (C=O) groups excluding carboxylic acids is 1. The van der Waals surface area contributed by atoms with E-state index in [1.807, 2.05) is 6.92 Å². The first-order valence-corrected chi connectivity index (χ1v) is 5.38. The van der Waals surface area contributed by atoms with Crippen LogP contribution in [0.5, 0.6) is 0 Å². The van der Waals surface area contributed by atoms with E-state index in [9.17, 15) is 4.79 Å². The molecule has 1 rings (SSSR count). The molecule has 1 atom stereocenters. The van der Waals surface area contributed by atoms with Crippen LogP contribution in [-0.2, 0) is 4.79 Å². The molecule has 1 saturated carbocycles. The SMILES string of the molecule is CCNC(CCN(C)C1CC1)C(N)=O. The number of nitrogens with two attached hydrogens (primary N) is 1. The van der Waals surface area contributed by atoms with Crippen molar-refractivity contribution in [3.63, 3.8) is 0 Å². The van der Waals surface area contributed by atoms with Crippen LogP contribution < -0.4 is 11.1 Å². The first-order chi connectivity index (χ1) is 6.65. The van der Waals surface area contributed by atoms with Crippen molar-refractivity contribution in [3.05, 3.63) is 0 Å². The normalized spacial score (nSPS) is 18.5. The van der Waals surface area contributed by atoms with E-state index in [1.165, 1.54) is 12.8 Å². The summed E-state index contributed by atoms with van der Waals surface area (Å²) in [5, 5.41) is 3.10. The Labute approximate surface area is 85.8 Å². The van der Waals surface area contributed by atoms with Crippen molar-refractivity contribution in [1.29, 1.82) is 0 Å². The number of hydrogen-bond acceptors (Lipinski definition) is 3. The molecule has 4 nitrogen and oxygen atoms in total. The van der Waals surface area contributed by atoms with Crippen molar-refractivity contribution in [3.8, 4) is 0 Å². The van der Waals surface area contributed by atoms with Crippen LogP contribution in [0.1, 0.15) is 26.2 Å². The molecule has 4 heteroatoms. The molecule has 1 unspecified atom stereocenters. The van der Waals surface area contributed by atoms with Gasteiger partial charge in [0.15, 0.2) is 0 Å². The van der Waals surface area contributed by atoms with Gasteiger partial charge in [-0.1, -0.05) is 6.92 Å². The van der Waals surface area contributed by atoms with Crippen LogP contribution in [0, 0.1) is 0 Å². The van der Waals surface area contributed by atoms with Gasteiger partial charge in [0.2, 0.25) is 5.91 Å². The van der Waals surface area contributed by atoms with E-state index < -0.39 is 0 Å². The van der Waals surface area contributed by atoms with Gasteiger partial charge in [-0.25, -0.2) is 0 Å². The molecule has 0 aromatic carbocycles. The Balaban J connectivity index is 2.20. The zero-order chi connectivity index (χ0) is 10.6. The minimum absolute atomic E-state index is 0.166. The van der Waals surface area contributed by atoms with E-state index in [2.05, 4.69) is 17.3 Å². The molecule has 0 aromatic heterocycles. The number of primary amides is 1. The second-order valence-electron chi connectivity index (χ2n) is 4.01. The highest BCUT2D eigenvalue weighted by Gasteiger charge is 2.26. The van der Waals surface area contributed by atoms with E-state index in [0.717, 1.165) is 25.6 Å². The van der Waals surface area contributed by atoms with Crippen LogP contribution >= 0.6 is 0 Å². The molecule has 0 bridgehead atoms. The lowest BCUT2D eigenvalue weighted by atomic mass is 10.2. The molecule has 1 fully saturated rings. The maximum Gasteiger partial charge on any atom is 0.234 e. The molecule has 0 aliphatic heterocycles. The van der Waals surface area contributed by atoms with Crippen molar-refractivity contribution in [1.82, 2.24) is 10.2 Å². The third-order valence-corrected chi connectivity index (χ3v) is 2.73. The Kier molecular flexibility index (Phi) is 4.35. The van der Waals surface area contributed by atoms with Crippen LogP contribution in [0.15, 0.2) is 0 Å². The summed E-state index contributed by atoms with van der Waals surface area (Å²) >= 11 is 0. The van der Waals surface area contributed by atoms with Crippen LogP contribution in [0.3, 0.4) is 0 Å². The molecule has 3 N–H and O–H groups in total. The van der Waals surface area contributed by atoms with Crippen molar-refractivity contribution in [2.75, 3.05) is 20.1 Å². The Morgan fingerprint density at radius 2 is 2.29 bits per heavy atom. The van der Waals surface area contributed by atoms with Crippen molar-refractivity contribution >= 4 is 5.91 Å². The average Bonchev–Trinajstić information content (AvgIpc) is 2.94. The van der Waals surface area contributed by atoms with Crippen molar-refractivity contribution < 1.29 is 4.79 Å². The van der Waals surface area contributed by atoms with Gasteiger partial charge in [0.05, 0.1) is 6.04 Å². The smallest absolute Gasteiger partial charge is 0.234 e. The van der Waals surface area contributed by atoms with Gasteiger partial charge in [0, 0.05) is 12.6 Å². The second-order valence-corrected chi connectivity index (χ2v) is 4.01. The quantitative estimate of drug-likeness (QED) is 0.603. The van der Waals surface area contributed by atoms with Crippen LogP contribution in [0.4, 0.5) is 0 Å². The highest BCUT2D eigenvalue weighted by Crippen LogP contribution is 2.25. The topological polar surface area (TPSA) is 58.4 Å². The van der Waals surface area contributed by atoms with Crippen LogP contribution in [-0.4, -0.2) is 43.0 Å². The van der Waals surface area contributed by atoms with Gasteiger partial charge in [0.1, 0.15) is 0 Å². The molecule has 0 spiro atoms. The Hall–Kier alpha value is -0.610. The van der Waals surface area contributed by atoms with Crippen molar-refractivity contribution in [2.45, 2.75) is 38.3 Å². The number of likely N-dealkylation sites (N-methyl/N-ethyl adjacent to an activating group) is 1. The summed E-state index contributed by atoms with van der Waals surface area (Å²) in [5.41, 5.74) is 5.28. The predicted octanol–water partition coefficient (Wildman–Crippen LogP) is -0.0659. The van der Waals surface area contributed by atoms with Crippen LogP contribution in [0.25, 0.3) is 0 Å². The fraction of sp³-hybridized carbons (Fsp3) is 0.900. The third-order valence-electron chi connectivity index (χ3n) is 2.73. The van der Waals surface area contributed by atoms with Gasteiger partial charge in [-0.2, -0.15) is 0 Å². The molecule has 1 amide bonds. The van der Waals surface area contributed by atoms with Gasteiger partial charge in [-0.05, 0) is 32.9 Å². The van der Waals surface area contributed by atoms with E-state index in [1.54, 1.807) is 0 Å². The number of amides is 1. The number of carbonyl (C=O) groups is 1. The zero-order valence-corrected chi connectivity index (χ0v) is 9.12. The maximum absolute atomic E-state index is 11.0.